The van der Waals surface area contributed by atoms with Gasteiger partial charge in [0.25, 0.3) is 0 Å². The highest BCUT2D eigenvalue weighted by atomic mass is 15.2. The van der Waals surface area contributed by atoms with E-state index in [0.29, 0.717) is 18.0 Å². The Morgan fingerprint density at radius 1 is 0.840 bits per heavy atom. The predicted octanol–water partition coefficient (Wildman–Crippen LogP) is 5.47. The SMILES string of the molecule is C[C@H]1CCC[C@H](C)N1CC#CCC(c1ccccc1)c1ccccc1. The summed E-state index contributed by atoms with van der Waals surface area (Å²) >= 11 is 0. The van der Waals surface area contributed by atoms with Crippen molar-refractivity contribution in [2.75, 3.05) is 6.54 Å². The summed E-state index contributed by atoms with van der Waals surface area (Å²) in [4.78, 5) is 2.57. The Bertz CT molecular complexity index is 646. The maximum Gasteiger partial charge on any atom is 0.0606 e. The van der Waals surface area contributed by atoms with E-state index in [0.717, 1.165) is 13.0 Å². The van der Waals surface area contributed by atoms with Gasteiger partial charge in [0, 0.05) is 24.4 Å². The molecule has 0 aromatic heterocycles. The van der Waals surface area contributed by atoms with Crippen LogP contribution in [0.1, 0.15) is 56.6 Å². The first-order chi connectivity index (χ1) is 12.3. The summed E-state index contributed by atoms with van der Waals surface area (Å²) in [6, 6.07) is 22.8. The third-order valence-corrected chi connectivity index (χ3v) is 5.47. The van der Waals surface area contributed by atoms with E-state index in [1.54, 1.807) is 0 Å². The van der Waals surface area contributed by atoms with Crippen molar-refractivity contribution in [3.63, 3.8) is 0 Å². The molecule has 1 aliphatic rings. The fourth-order valence-electron chi connectivity index (χ4n) is 3.91. The Morgan fingerprint density at radius 3 is 1.88 bits per heavy atom. The number of nitrogens with zero attached hydrogens (tertiary/aromatic N) is 1. The number of piperidine rings is 1. The topological polar surface area (TPSA) is 3.24 Å². The lowest BCUT2D eigenvalue weighted by Gasteiger charge is -2.37. The van der Waals surface area contributed by atoms with Crippen LogP contribution in [0.15, 0.2) is 60.7 Å². The maximum absolute atomic E-state index is 3.48. The molecule has 1 heteroatoms. The van der Waals surface area contributed by atoms with Crippen LogP contribution in [0.4, 0.5) is 0 Å². The highest BCUT2D eigenvalue weighted by Gasteiger charge is 2.23. The molecule has 25 heavy (non-hydrogen) atoms. The van der Waals surface area contributed by atoms with Gasteiger partial charge in [-0.3, -0.25) is 4.90 Å². The Balaban J connectivity index is 1.70. The lowest BCUT2D eigenvalue weighted by atomic mass is 9.89. The van der Waals surface area contributed by atoms with Crippen LogP contribution in [0, 0.1) is 11.8 Å². The largest absolute Gasteiger partial charge is 0.287 e. The molecule has 1 saturated heterocycles. The van der Waals surface area contributed by atoms with Crippen molar-refractivity contribution >= 4 is 0 Å². The van der Waals surface area contributed by atoms with Crippen LogP contribution >= 0.6 is 0 Å². The minimum Gasteiger partial charge on any atom is -0.287 e. The summed E-state index contributed by atoms with van der Waals surface area (Å²) in [5, 5.41) is 0. The zero-order valence-electron chi connectivity index (χ0n) is 15.5. The lowest BCUT2D eigenvalue weighted by Crippen LogP contribution is -2.43. The summed E-state index contributed by atoms with van der Waals surface area (Å²) in [5.41, 5.74) is 2.70. The summed E-state index contributed by atoms with van der Waals surface area (Å²) in [6.07, 6.45) is 4.85. The highest BCUT2D eigenvalue weighted by Crippen LogP contribution is 2.27. The van der Waals surface area contributed by atoms with Gasteiger partial charge in [0.2, 0.25) is 0 Å². The Labute approximate surface area is 153 Å². The molecule has 2 aromatic carbocycles. The van der Waals surface area contributed by atoms with Crippen molar-refractivity contribution in [3.8, 4) is 11.8 Å². The molecule has 1 fully saturated rings. The molecule has 0 spiro atoms. The summed E-state index contributed by atoms with van der Waals surface area (Å²) < 4.78 is 0. The van der Waals surface area contributed by atoms with E-state index in [1.165, 1.54) is 30.4 Å². The van der Waals surface area contributed by atoms with E-state index < -0.39 is 0 Å². The van der Waals surface area contributed by atoms with Gasteiger partial charge in [-0.05, 0) is 37.8 Å². The van der Waals surface area contributed by atoms with Crippen LogP contribution < -0.4 is 0 Å². The first-order valence-corrected chi connectivity index (χ1v) is 9.57. The Kier molecular flexibility index (Phi) is 6.31. The molecule has 0 N–H and O–H groups in total. The third-order valence-electron chi connectivity index (χ3n) is 5.47. The van der Waals surface area contributed by atoms with Crippen molar-refractivity contribution in [2.45, 2.75) is 57.5 Å². The molecule has 2 atom stereocenters. The Morgan fingerprint density at radius 2 is 1.36 bits per heavy atom. The lowest BCUT2D eigenvalue weighted by molar-refractivity contribution is 0.121. The van der Waals surface area contributed by atoms with Gasteiger partial charge in [0.05, 0.1) is 6.54 Å². The van der Waals surface area contributed by atoms with Gasteiger partial charge in [0.1, 0.15) is 0 Å². The fraction of sp³-hybridized carbons (Fsp3) is 0.417. The van der Waals surface area contributed by atoms with Gasteiger partial charge in [-0.15, -0.1) is 5.92 Å². The minimum absolute atomic E-state index is 0.353. The van der Waals surface area contributed by atoms with Crippen LogP contribution in [0.5, 0.6) is 0 Å². The summed E-state index contributed by atoms with van der Waals surface area (Å²) in [6.45, 7) is 5.58. The normalized spacial score (nSPS) is 20.9. The van der Waals surface area contributed by atoms with Crippen LogP contribution in [0.3, 0.4) is 0 Å². The monoisotopic (exact) mass is 331 g/mol. The zero-order chi connectivity index (χ0) is 17.5. The molecule has 0 amide bonds. The van der Waals surface area contributed by atoms with E-state index in [4.69, 9.17) is 0 Å². The molecular formula is C24H29N. The molecule has 0 radical (unpaired) electrons. The van der Waals surface area contributed by atoms with E-state index in [1.807, 2.05) is 0 Å². The van der Waals surface area contributed by atoms with Crippen LogP contribution in [0.25, 0.3) is 0 Å². The molecular weight excluding hydrogens is 302 g/mol. The molecule has 0 aliphatic carbocycles. The second-order valence-electron chi connectivity index (χ2n) is 7.23. The van der Waals surface area contributed by atoms with E-state index in [9.17, 15) is 0 Å². The molecule has 3 rings (SSSR count). The van der Waals surface area contributed by atoms with Gasteiger partial charge >= 0.3 is 0 Å². The van der Waals surface area contributed by atoms with Crippen molar-refractivity contribution in [1.82, 2.24) is 4.90 Å². The molecule has 0 bridgehead atoms. The average Bonchev–Trinajstić information content (AvgIpc) is 2.65. The number of rotatable bonds is 4. The highest BCUT2D eigenvalue weighted by molar-refractivity contribution is 5.34. The standard InChI is InChI=1S/C24H29N/c1-20-12-11-13-21(2)25(20)19-10-9-18-24(22-14-5-3-6-15-22)23-16-7-4-8-17-23/h3-8,14-17,20-21,24H,11-13,18-19H2,1-2H3/t20-,21-/m0/s1. The van der Waals surface area contributed by atoms with Crippen LogP contribution in [-0.2, 0) is 0 Å². The third kappa shape index (κ3) is 4.74. The predicted molar refractivity (Wildman–Crippen MR) is 107 cm³/mol. The number of hydrogen-bond donors (Lipinski definition) is 0. The molecule has 1 heterocycles. The van der Waals surface area contributed by atoms with Gasteiger partial charge in [0.15, 0.2) is 0 Å². The van der Waals surface area contributed by atoms with Crippen molar-refractivity contribution < 1.29 is 0 Å². The maximum atomic E-state index is 3.48. The van der Waals surface area contributed by atoms with E-state index in [-0.39, 0.29) is 0 Å². The minimum atomic E-state index is 0.353. The van der Waals surface area contributed by atoms with Gasteiger partial charge in [-0.1, -0.05) is 73.0 Å². The fourth-order valence-corrected chi connectivity index (χ4v) is 3.91. The van der Waals surface area contributed by atoms with Crippen LogP contribution in [-0.4, -0.2) is 23.5 Å². The van der Waals surface area contributed by atoms with Crippen LogP contribution in [0.2, 0.25) is 0 Å². The van der Waals surface area contributed by atoms with Gasteiger partial charge in [-0.25, -0.2) is 0 Å². The van der Waals surface area contributed by atoms with Crippen molar-refractivity contribution in [1.29, 1.82) is 0 Å². The second-order valence-corrected chi connectivity index (χ2v) is 7.23. The van der Waals surface area contributed by atoms with Crippen molar-refractivity contribution in [3.05, 3.63) is 71.8 Å². The summed E-state index contributed by atoms with van der Waals surface area (Å²) in [5.74, 6) is 7.29. The van der Waals surface area contributed by atoms with Crippen molar-refractivity contribution in [2.24, 2.45) is 0 Å². The van der Waals surface area contributed by atoms with Gasteiger partial charge < -0.3 is 0 Å². The smallest absolute Gasteiger partial charge is 0.0606 e. The zero-order valence-corrected chi connectivity index (χ0v) is 15.5. The van der Waals surface area contributed by atoms with E-state index in [2.05, 4.69) is 91.3 Å². The first-order valence-electron chi connectivity index (χ1n) is 9.57. The number of benzene rings is 2. The summed E-state index contributed by atoms with van der Waals surface area (Å²) in [7, 11) is 0. The number of hydrogen-bond acceptors (Lipinski definition) is 1. The molecule has 1 nitrogen and oxygen atoms in total. The first kappa shape index (κ1) is 17.8. The number of likely N-dealkylation sites (tertiary alicyclic amines) is 1. The second kappa shape index (κ2) is 8.88. The molecule has 2 aromatic rings. The quantitative estimate of drug-likeness (QED) is 0.671. The molecule has 130 valence electrons. The van der Waals surface area contributed by atoms with Gasteiger partial charge in [-0.2, -0.15) is 0 Å². The molecule has 1 aliphatic heterocycles. The molecule has 0 saturated carbocycles. The Hall–Kier alpha value is -2.04. The van der Waals surface area contributed by atoms with E-state index >= 15 is 0 Å². The molecule has 0 unspecified atom stereocenters. The average molecular weight is 332 g/mol.